The predicted octanol–water partition coefficient (Wildman–Crippen LogP) is 2.59. The fraction of sp³-hybridized carbons (Fsp3) is 0.200. The quantitative estimate of drug-likeness (QED) is 0.871. The number of ketones is 1. The molecule has 0 aliphatic heterocycles. The van der Waals surface area contributed by atoms with E-state index in [1.165, 1.54) is 22.7 Å². The number of thiophene rings is 1. The summed E-state index contributed by atoms with van der Waals surface area (Å²) < 4.78 is 0. The van der Waals surface area contributed by atoms with Gasteiger partial charge in [0.05, 0.1) is 14.9 Å². The van der Waals surface area contributed by atoms with E-state index < -0.39 is 0 Å². The van der Waals surface area contributed by atoms with E-state index in [0.29, 0.717) is 28.6 Å². The van der Waals surface area contributed by atoms with Gasteiger partial charge < -0.3 is 5.73 Å². The Morgan fingerprint density at radius 1 is 1.50 bits per heavy atom. The maximum atomic E-state index is 12.0. The molecule has 2 aromatic rings. The van der Waals surface area contributed by atoms with Gasteiger partial charge in [0.15, 0.2) is 0 Å². The minimum absolute atomic E-state index is 0.112. The van der Waals surface area contributed by atoms with Crippen molar-refractivity contribution in [1.29, 1.82) is 0 Å². The normalized spacial score (nSPS) is 10.6. The first-order valence-corrected chi connectivity index (χ1v) is 6.78. The molecule has 0 atom stereocenters. The average molecular weight is 273 g/mol. The third-order valence-electron chi connectivity index (χ3n) is 1.97. The van der Waals surface area contributed by atoms with Crippen LogP contribution in [0.4, 0.5) is 0 Å². The Morgan fingerprint density at radius 3 is 2.94 bits per heavy atom. The summed E-state index contributed by atoms with van der Waals surface area (Å²) in [6.45, 7) is 0.543. The maximum absolute atomic E-state index is 12.0. The minimum atomic E-state index is -0.112. The zero-order chi connectivity index (χ0) is 11.5. The zero-order valence-corrected chi connectivity index (χ0v) is 10.7. The van der Waals surface area contributed by atoms with Crippen molar-refractivity contribution in [2.45, 2.75) is 6.42 Å². The first-order chi connectivity index (χ1) is 7.72. The monoisotopic (exact) mass is 272 g/mol. The van der Waals surface area contributed by atoms with E-state index in [2.05, 4.69) is 4.98 Å². The molecule has 3 nitrogen and oxygen atoms in total. The third-order valence-corrected chi connectivity index (χ3v) is 4.21. The number of nitrogens with zero attached hydrogens (tertiary/aromatic N) is 1. The van der Waals surface area contributed by atoms with E-state index in [4.69, 9.17) is 17.3 Å². The molecular formula is C10H9ClN2OS2. The Labute approximate surface area is 106 Å². The highest BCUT2D eigenvalue weighted by Crippen LogP contribution is 2.25. The molecular weight excluding hydrogens is 264 g/mol. The van der Waals surface area contributed by atoms with Crippen LogP contribution in [-0.2, 0) is 6.42 Å². The van der Waals surface area contributed by atoms with E-state index in [1.54, 1.807) is 16.8 Å². The summed E-state index contributed by atoms with van der Waals surface area (Å²) >= 11 is 8.69. The van der Waals surface area contributed by atoms with E-state index >= 15 is 0 Å². The van der Waals surface area contributed by atoms with Gasteiger partial charge in [0, 0.05) is 11.8 Å². The number of hydrogen-bond donors (Lipinski definition) is 1. The summed E-state index contributed by atoms with van der Waals surface area (Å²) in [5.41, 5.74) is 5.88. The molecule has 2 rings (SSSR count). The molecule has 84 valence electrons. The molecule has 2 heterocycles. The summed E-state index contributed by atoms with van der Waals surface area (Å²) in [7, 11) is 0. The molecule has 0 radical (unpaired) electrons. The van der Waals surface area contributed by atoms with Crippen LogP contribution in [0.5, 0.6) is 0 Å². The van der Waals surface area contributed by atoms with Crippen molar-refractivity contribution >= 4 is 40.1 Å². The molecule has 2 aromatic heterocycles. The Hall–Kier alpha value is -0.750. The summed E-state index contributed by atoms with van der Waals surface area (Å²) in [6, 6.07) is 1.71. The minimum Gasteiger partial charge on any atom is -0.330 e. The summed E-state index contributed by atoms with van der Waals surface area (Å²) in [4.78, 5) is 16.8. The highest BCUT2D eigenvalue weighted by molar-refractivity contribution is 7.13. The lowest BCUT2D eigenvalue weighted by Crippen LogP contribution is -2.04. The second-order valence-electron chi connectivity index (χ2n) is 3.09. The van der Waals surface area contributed by atoms with Crippen molar-refractivity contribution in [2.75, 3.05) is 6.54 Å². The summed E-state index contributed by atoms with van der Waals surface area (Å²) in [5.74, 6) is -0.112. The van der Waals surface area contributed by atoms with E-state index in [1.807, 2.05) is 0 Å². The Morgan fingerprint density at radius 2 is 2.31 bits per heavy atom. The lowest BCUT2D eigenvalue weighted by Gasteiger charge is -1.93. The molecule has 0 amide bonds. The fourth-order valence-corrected chi connectivity index (χ4v) is 3.11. The first-order valence-electron chi connectivity index (χ1n) is 4.64. The SMILES string of the molecule is NCCc1nc(C(=O)c2sccc2Cl)cs1. The van der Waals surface area contributed by atoms with Gasteiger partial charge in [-0.1, -0.05) is 11.6 Å². The highest BCUT2D eigenvalue weighted by Gasteiger charge is 2.17. The van der Waals surface area contributed by atoms with Gasteiger partial charge in [-0.3, -0.25) is 4.79 Å². The maximum Gasteiger partial charge on any atom is 0.223 e. The van der Waals surface area contributed by atoms with Gasteiger partial charge in [0.25, 0.3) is 0 Å². The molecule has 16 heavy (non-hydrogen) atoms. The molecule has 0 unspecified atom stereocenters. The highest BCUT2D eigenvalue weighted by atomic mass is 35.5. The zero-order valence-electron chi connectivity index (χ0n) is 8.27. The van der Waals surface area contributed by atoms with Crippen LogP contribution in [0.3, 0.4) is 0 Å². The third kappa shape index (κ3) is 2.32. The summed E-state index contributed by atoms with van der Waals surface area (Å²) in [5, 5.41) is 4.92. The molecule has 2 N–H and O–H groups in total. The average Bonchev–Trinajstić information content (AvgIpc) is 2.87. The molecule has 6 heteroatoms. The number of hydrogen-bond acceptors (Lipinski definition) is 5. The number of carbonyl (C=O) groups is 1. The van der Waals surface area contributed by atoms with Crippen LogP contribution in [-0.4, -0.2) is 17.3 Å². The van der Waals surface area contributed by atoms with E-state index in [0.717, 1.165) is 5.01 Å². The lowest BCUT2D eigenvalue weighted by molar-refractivity contribution is 0.103. The van der Waals surface area contributed by atoms with Gasteiger partial charge in [0.1, 0.15) is 5.69 Å². The lowest BCUT2D eigenvalue weighted by atomic mass is 10.2. The fourth-order valence-electron chi connectivity index (χ4n) is 1.23. The Balaban J connectivity index is 2.24. The molecule has 0 bridgehead atoms. The molecule has 0 saturated heterocycles. The molecule has 0 aliphatic rings. The van der Waals surface area contributed by atoms with Crippen molar-refractivity contribution in [2.24, 2.45) is 5.73 Å². The van der Waals surface area contributed by atoms with Crippen LogP contribution in [0.25, 0.3) is 0 Å². The second-order valence-corrected chi connectivity index (χ2v) is 5.36. The van der Waals surface area contributed by atoms with Crippen LogP contribution >= 0.6 is 34.3 Å². The number of aromatic nitrogens is 1. The largest absolute Gasteiger partial charge is 0.330 e. The van der Waals surface area contributed by atoms with E-state index in [-0.39, 0.29) is 5.78 Å². The molecule has 0 aromatic carbocycles. The smallest absolute Gasteiger partial charge is 0.223 e. The van der Waals surface area contributed by atoms with Gasteiger partial charge in [-0.15, -0.1) is 22.7 Å². The Kier molecular flexibility index (Phi) is 3.70. The first kappa shape index (κ1) is 11.7. The van der Waals surface area contributed by atoms with Crippen LogP contribution < -0.4 is 5.73 Å². The standard InChI is InChI=1S/C10H9ClN2OS2/c11-6-2-4-15-10(6)9(14)7-5-16-8(13-7)1-3-12/h2,4-5H,1,3,12H2. The number of thiazole rings is 1. The van der Waals surface area contributed by atoms with Crippen molar-refractivity contribution in [3.63, 3.8) is 0 Å². The summed E-state index contributed by atoms with van der Waals surface area (Å²) in [6.07, 6.45) is 0.704. The van der Waals surface area contributed by atoms with Gasteiger partial charge >= 0.3 is 0 Å². The van der Waals surface area contributed by atoms with Gasteiger partial charge in [-0.25, -0.2) is 4.98 Å². The predicted molar refractivity (Wildman–Crippen MR) is 67.6 cm³/mol. The molecule has 0 fully saturated rings. The van der Waals surface area contributed by atoms with Crippen LogP contribution in [0.2, 0.25) is 5.02 Å². The molecule has 0 saturated carbocycles. The van der Waals surface area contributed by atoms with Crippen LogP contribution in [0, 0.1) is 0 Å². The van der Waals surface area contributed by atoms with Gasteiger partial charge in [0.2, 0.25) is 5.78 Å². The van der Waals surface area contributed by atoms with Crippen LogP contribution in [0.1, 0.15) is 20.4 Å². The molecule has 0 aliphatic carbocycles. The Bertz CT molecular complexity index is 506. The number of nitrogens with two attached hydrogens (primary N) is 1. The van der Waals surface area contributed by atoms with Crippen molar-refractivity contribution in [1.82, 2.24) is 4.98 Å². The van der Waals surface area contributed by atoms with Gasteiger partial charge in [-0.05, 0) is 18.0 Å². The van der Waals surface area contributed by atoms with Crippen molar-refractivity contribution in [3.8, 4) is 0 Å². The van der Waals surface area contributed by atoms with Crippen molar-refractivity contribution in [3.05, 3.63) is 37.4 Å². The van der Waals surface area contributed by atoms with Crippen molar-refractivity contribution < 1.29 is 4.79 Å². The molecule has 0 spiro atoms. The van der Waals surface area contributed by atoms with Gasteiger partial charge in [-0.2, -0.15) is 0 Å². The number of carbonyl (C=O) groups excluding carboxylic acids is 1. The van der Waals surface area contributed by atoms with Crippen LogP contribution in [0.15, 0.2) is 16.8 Å². The second kappa shape index (κ2) is 5.05. The number of halogens is 1. The topological polar surface area (TPSA) is 56.0 Å². The number of rotatable bonds is 4. The van der Waals surface area contributed by atoms with E-state index in [9.17, 15) is 4.79 Å².